The fourth-order valence-electron chi connectivity index (χ4n) is 25.2. The maximum absolute atomic E-state index is 14.0. The number of urea groups is 2. The topological polar surface area (TPSA) is 380 Å². The minimum atomic E-state index is -1.88. The third-order valence-electron chi connectivity index (χ3n) is 32.7. The maximum atomic E-state index is 14.0. The van der Waals surface area contributed by atoms with Gasteiger partial charge in [-0.05, 0) is 218 Å². The molecule has 6 saturated carbocycles. The largest absolute Gasteiger partial charge is 0.487 e. The van der Waals surface area contributed by atoms with E-state index in [4.69, 9.17) is 28.4 Å². The number of carbonyl (C=O) groups is 8. The van der Waals surface area contributed by atoms with Crippen molar-refractivity contribution < 1.29 is 97.4 Å². The molecule has 0 bridgehead atoms. The van der Waals surface area contributed by atoms with Crippen LogP contribution in [0, 0.1) is 51.2 Å². The molecule has 16 rings (SSSR count). The van der Waals surface area contributed by atoms with Crippen LogP contribution in [-0.4, -0.2) is 206 Å². The number of alkyl carbamates (subject to hydrolysis) is 1. The highest BCUT2D eigenvalue weighted by Crippen LogP contribution is 2.78. The highest BCUT2D eigenvalue weighted by atomic mass is 32.2. The fraction of sp³-hybridized carbons (Fsp3) is 0.786. The van der Waals surface area contributed by atoms with Crippen LogP contribution in [0.25, 0.3) is 0 Å². The number of ketones is 3. The van der Waals surface area contributed by atoms with E-state index in [0.29, 0.717) is 93.3 Å². The zero-order valence-electron chi connectivity index (χ0n) is 66.3. The number of fused-ring (bicyclic) bond motifs is 10. The van der Waals surface area contributed by atoms with E-state index in [1.54, 1.807) is 37.8 Å². The van der Waals surface area contributed by atoms with E-state index < -0.39 is 121 Å². The van der Waals surface area contributed by atoms with Crippen LogP contribution in [0.15, 0.2) is 58.9 Å². The van der Waals surface area contributed by atoms with Crippen molar-refractivity contribution in [1.82, 2.24) is 26.6 Å². The van der Waals surface area contributed by atoms with Gasteiger partial charge >= 0.3 is 30.1 Å². The maximum Gasteiger partial charge on any atom is 0.407 e. The molecule has 25 nitrogen and oxygen atoms in total. The van der Waals surface area contributed by atoms with Crippen molar-refractivity contribution in [1.29, 1.82) is 0 Å². The minimum absolute atomic E-state index is 0.0739. The van der Waals surface area contributed by atoms with Gasteiger partial charge in [0, 0.05) is 71.8 Å². The van der Waals surface area contributed by atoms with Crippen molar-refractivity contribution in [2.45, 2.75) is 340 Å². The Kier molecular flexibility index (Phi) is 20.7. The standard InChI is InChI=1S/C45H65N3O11S.C39H54N2O9S/c1-25-22-34(57-37(51)26(25)2)42(5,54)44(56)20-19-43(55)29-23-35-45(59-35)33(16-15-32(50)41(45,4)28(29)17-18-40(43,44)3)58-39(53)46-21-11-7-6-8-12-27(49)13-9-10-14-31-36-30(24-60-31)47-38(52)48-36;1-20-17-28(48-22(3)21(20)2)36(6,45)38(47)16-15-37(46)25-18-29-39(50-29)27(12-11-26(42)35(39,5)24(25)13-14-34(37,38)4)49-30(43)10-8-7-9-23-19-51-32-31(23)40-33(44)41-32/h15-16,28-31,33-36,54-56H,6-14,17-24H2,1-5H3,(H,46,53)(H2,47,48,52);11-12,23-25,27-29,31-32,45-47H,3,7-10,13-19H2,1-2,4-6H3,(H2,40,41,44)/t28?,29?,30?,31?,33-,34?,35+,36?,40-,41-,42-,43+,44-,45+;23?,24?,25?,27-,28?,29-,31?,32?,34+,35+,36+,37-,38+,39-/m01/s1. The quantitative estimate of drug-likeness (QED) is 0.0149. The van der Waals surface area contributed by atoms with E-state index in [-0.39, 0.29) is 115 Å². The van der Waals surface area contributed by atoms with Gasteiger partial charge in [0.25, 0.3) is 0 Å². The molecule has 11 N–H and O–H groups in total. The van der Waals surface area contributed by atoms with Crippen molar-refractivity contribution >= 4 is 71.0 Å². The lowest BCUT2D eigenvalue weighted by Gasteiger charge is -2.63. The Morgan fingerprint density at radius 2 is 1.11 bits per heavy atom. The molecule has 12 fully saturated rings. The molecule has 6 saturated heterocycles. The van der Waals surface area contributed by atoms with Gasteiger partial charge < -0.3 is 85.6 Å². The summed E-state index contributed by atoms with van der Waals surface area (Å²) in [6, 6.07) is 0.371. The first-order valence-corrected chi connectivity index (χ1v) is 43.5. The molecule has 12 unspecified atom stereocenters. The zero-order chi connectivity index (χ0) is 79.6. The number of aliphatic hydroxyl groups is 6. The van der Waals surface area contributed by atoms with Crippen LogP contribution >= 0.6 is 23.5 Å². The second-order valence-electron chi connectivity index (χ2n) is 37.4. The van der Waals surface area contributed by atoms with Crippen molar-refractivity contribution in [3.63, 3.8) is 0 Å². The molecule has 111 heavy (non-hydrogen) atoms. The summed E-state index contributed by atoms with van der Waals surface area (Å²) >= 11 is 3.66. The van der Waals surface area contributed by atoms with Gasteiger partial charge in [-0.2, -0.15) is 11.8 Å². The number of esters is 2. The highest BCUT2D eigenvalue weighted by molar-refractivity contribution is 8.00. The Morgan fingerprint density at radius 3 is 1.68 bits per heavy atom. The van der Waals surface area contributed by atoms with Crippen molar-refractivity contribution in [3.05, 3.63) is 58.9 Å². The number of Topliss-reactive ketones (excluding diaryl/α,β-unsaturated/α-hetero) is 1. The second kappa shape index (κ2) is 28.5. The van der Waals surface area contributed by atoms with E-state index >= 15 is 0 Å². The Hall–Kier alpha value is -5.36. The van der Waals surface area contributed by atoms with Crippen LogP contribution in [0.1, 0.15) is 230 Å². The van der Waals surface area contributed by atoms with Crippen LogP contribution in [0.3, 0.4) is 0 Å². The molecule has 8 aliphatic heterocycles. The lowest BCUT2D eigenvalue weighted by molar-refractivity contribution is -0.283. The number of amides is 5. The van der Waals surface area contributed by atoms with Gasteiger partial charge in [0.1, 0.15) is 57.4 Å². The molecule has 0 radical (unpaired) electrons. The molecule has 8 heterocycles. The van der Waals surface area contributed by atoms with E-state index in [0.717, 1.165) is 86.0 Å². The number of nitrogens with one attached hydrogen (secondary N) is 5. The summed E-state index contributed by atoms with van der Waals surface area (Å²) in [7, 11) is 0. The summed E-state index contributed by atoms with van der Waals surface area (Å²) < 4.78 is 37.0. The number of epoxide rings is 2. The third-order valence-corrected chi connectivity index (χ3v) is 35.6. The molecular formula is C84H119N5O20S2. The average molecular weight is 1580 g/mol. The van der Waals surface area contributed by atoms with Crippen LogP contribution in [0.2, 0.25) is 0 Å². The van der Waals surface area contributed by atoms with Gasteiger partial charge in [0.15, 0.2) is 23.8 Å². The number of carbonyl (C=O) groups excluding carboxylic acids is 8. The van der Waals surface area contributed by atoms with E-state index in [9.17, 15) is 69.0 Å². The summed E-state index contributed by atoms with van der Waals surface area (Å²) in [5, 5.41) is 90.8. The molecule has 27 heteroatoms. The van der Waals surface area contributed by atoms with Gasteiger partial charge in [-0.15, -0.1) is 11.8 Å². The Balaban J connectivity index is 0.000000178. The van der Waals surface area contributed by atoms with E-state index in [1.807, 2.05) is 60.2 Å². The molecule has 612 valence electrons. The fourth-order valence-corrected chi connectivity index (χ4v) is 28.3. The molecule has 8 aliphatic carbocycles. The van der Waals surface area contributed by atoms with Gasteiger partial charge in [0.2, 0.25) is 0 Å². The predicted octanol–water partition coefficient (Wildman–Crippen LogP) is 8.90. The predicted molar refractivity (Wildman–Crippen MR) is 411 cm³/mol. The third kappa shape index (κ3) is 12.0. The SMILES string of the molecule is C=C1OC([C@](C)(O)[C@]2(O)CC[C@@]3(O)C4C[C@H]5O[C@]56[C@H](OC(=O)CCCCC5CSC7NC(=O)NC57)C=CC(=O)[C@]6(C)C4CC[C@]23C)CC(C)=C1C.CC1=C(C)C(=O)OC([C@](C)(O)[C@]2(O)CC[C@@]3(O)C4C[C@H]5O[C@]56[C@@H](OC(=O)NCCCCCCC(=O)CCCCC5SCC7NC(=O)NC75)C=CC(=O)[C@]6(C)C4CC[C@]23C)C1. The van der Waals surface area contributed by atoms with E-state index in [2.05, 4.69) is 33.2 Å². The summed E-state index contributed by atoms with van der Waals surface area (Å²) in [6.45, 7) is 22.5. The normalized spacial score (nSPS) is 46.0. The van der Waals surface area contributed by atoms with E-state index in [1.165, 1.54) is 19.1 Å². The number of rotatable bonds is 23. The molecule has 28 atom stereocenters. The van der Waals surface area contributed by atoms with Gasteiger partial charge in [-0.3, -0.25) is 19.2 Å². The number of unbranched alkanes of at least 4 members (excludes halogenated alkanes) is 5. The molecule has 0 aromatic carbocycles. The number of cyclic esters (lactones) is 1. The first-order valence-electron chi connectivity index (χ1n) is 41.4. The number of allylic oxidation sites excluding steroid dienone is 3. The molecule has 0 aromatic heterocycles. The Morgan fingerprint density at radius 1 is 0.595 bits per heavy atom. The van der Waals surface area contributed by atoms with Crippen LogP contribution in [0.4, 0.5) is 14.4 Å². The number of thioether (sulfide) groups is 2. The van der Waals surface area contributed by atoms with Gasteiger partial charge in [0.05, 0.1) is 57.7 Å². The first-order chi connectivity index (χ1) is 52.3. The molecule has 16 aliphatic rings. The number of ether oxygens (including phenoxy) is 6. The lowest BCUT2D eigenvalue weighted by atomic mass is 9.42. The van der Waals surface area contributed by atoms with Crippen LogP contribution in [0.5, 0.6) is 0 Å². The number of hydrogen-bond acceptors (Lipinski definition) is 22. The summed E-state index contributed by atoms with van der Waals surface area (Å²) in [5.41, 5.74) is -13.2. The highest BCUT2D eigenvalue weighted by Gasteiger charge is 2.87. The summed E-state index contributed by atoms with van der Waals surface area (Å²) in [6.07, 6.45) is 15.5. The smallest absolute Gasteiger partial charge is 0.407 e. The average Bonchev–Trinajstić information content (AvgIpc) is 1.49. The van der Waals surface area contributed by atoms with Crippen molar-refractivity contribution in [2.24, 2.45) is 51.2 Å². The Labute approximate surface area is 659 Å². The van der Waals surface area contributed by atoms with Crippen molar-refractivity contribution in [3.8, 4) is 0 Å². The van der Waals surface area contributed by atoms with Crippen molar-refractivity contribution in [2.75, 3.05) is 18.1 Å². The summed E-state index contributed by atoms with van der Waals surface area (Å²) in [5.74, 6) is 0.519. The second-order valence-corrected chi connectivity index (χ2v) is 39.9. The molecule has 5 amide bonds. The van der Waals surface area contributed by atoms with Gasteiger partial charge in [-0.1, -0.05) is 57.3 Å². The Bertz CT molecular complexity index is 3980. The molecular weight excluding hydrogens is 1460 g/mol. The zero-order valence-corrected chi connectivity index (χ0v) is 67.9. The molecule has 2 spiro atoms. The first kappa shape index (κ1) is 80.8. The number of hydrogen-bond donors (Lipinski definition) is 11. The van der Waals surface area contributed by atoms with Gasteiger partial charge in [-0.25, -0.2) is 19.2 Å². The minimum Gasteiger partial charge on any atom is -0.487 e. The van der Waals surface area contributed by atoms with Crippen LogP contribution in [-0.2, 0) is 52.4 Å². The molecule has 0 aromatic rings. The summed E-state index contributed by atoms with van der Waals surface area (Å²) in [4.78, 5) is 103. The van der Waals surface area contributed by atoms with Crippen LogP contribution < -0.4 is 26.6 Å². The lowest BCUT2D eigenvalue weighted by Crippen LogP contribution is -2.73. The monoisotopic (exact) mass is 1580 g/mol.